The molecule has 0 spiro atoms. The van der Waals surface area contributed by atoms with E-state index in [2.05, 4.69) is 53.2 Å². The summed E-state index contributed by atoms with van der Waals surface area (Å²) in [5, 5.41) is 10.3. The van der Waals surface area contributed by atoms with Crippen LogP contribution in [0.25, 0.3) is 0 Å². The second-order valence-electron chi connectivity index (χ2n) is 7.24. The molecule has 0 aromatic heterocycles. The minimum absolute atomic E-state index is 0.207. The van der Waals surface area contributed by atoms with Gasteiger partial charge in [0, 0.05) is 12.0 Å². The summed E-state index contributed by atoms with van der Waals surface area (Å²) >= 11 is 0. The lowest BCUT2D eigenvalue weighted by molar-refractivity contribution is -0.129. The third kappa shape index (κ3) is 3.81. The van der Waals surface area contributed by atoms with Crippen LogP contribution in [0, 0.1) is 0 Å². The van der Waals surface area contributed by atoms with Crippen molar-refractivity contribution in [3.8, 4) is 0 Å². The smallest absolute Gasteiger partial charge is 0.240 e. The molecule has 2 atom stereocenters. The summed E-state index contributed by atoms with van der Waals surface area (Å²) in [6, 6.07) is 11.0. The van der Waals surface area contributed by atoms with E-state index in [0.29, 0.717) is 5.92 Å². The van der Waals surface area contributed by atoms with Gasteiger partial charge in [-0.2, -0.15) is 0 Å². The molecule has 4 nitrogen and oxygen atoms in total. The van der Waals surface area contributed by atoms with Crippen molar-refractivity contribution < 1.29 is 4.79 Å². The molecule has 3 rings (SSSR count). The van der Waals surface area contributed by atoms with Gasteiger partial charge in [0.2, 0.25) is 5.91 Å². The van der Waals surface area contributed by atoms with Crippen LogP contribution < -0.4 is 16.0 Å². The van der Waals surface area contributed by atoms with Crippen LogP contribution in [0.4, 0.5) is 0 Å². The van der Waals surface area contributed by atoms with Crippen LogP contribution in [0.1, 0.15) is 56.9 Å². The van der Waals surface area contributed by atoms with Crippen molar-refractivity contribution in [2.45, 2.75) is 62.9 Å². The maximum Gasteiger partial charge on any atom is 0.240 e. The molecule has 1 aromatic rings. The van der Waals surface area contributed by atoms with Crippen LogP contribution >= 0.6 is 0 Å². The van der Waals surface area contributed by atoms with Crippen LogP contribution in [-0.2, 0) is 4.79 Å². The lowest BCUT2D eigenvalue weighted by Crippen LogP contribution is -2.63. The highest BCUT2D eigenvalue weighted by molar-refractivity contribution is 5.87. The molecule has 0 radical (unpaired) electrons. The number of benzene rings is 1. The number of hydrogen-bond acceptors (Lipinski definition) is 3. The van der Waals surface area contributed by atoms with E-state index in [-0.39, 0.29) is 11.9 Å². The number of piperidine rings is 1. The van der Waals surface area contributed by atoms with E-state index in [9.17, 15) is 4.79 Å². The van der Waals surface area contributed by atoms with Gasteiger partial charge in [-0.3, -0.25) is 4.79 Å². The summed E-state index contributed by atoms with van der Waals surface area (Å²) in [7, 11) is 0. The van der Waals surface area contributed by atoms with Gasteiger partial charge in [0.1, 0.15) is 5.54 Å². The van der Waals surface area contributed by atoms with E-state index < -0.39 is 5.54 Å². The summed E-state index contributed by atoms with van der Waals surface area (Å²) in [6.45, 7) is 4.74. The molecule has 0 unspecified atom stereocenters. The Bertz CT molecular complexity index is 519. The molecule has 2 aliphatic rings. The van der Waals surface area contributed by atoms with Gasteiger partial charge in [-0.1, -0.05) is 50.1 Å². The topological polar surface area (TPSA) is 53.2 Å². The highest BCUT2D eigenvalue weighted by Gasteiger charge is 2.40. The normalized spacial score (nSPS) is 26.7. The first kappa shape index (κ1) is 17.4. The number of rotatable bonds is 5. The number of nitrogens with one attached hydrogen (secondary N) is 3. The Balaban J connectivity index is 1.73. The molecule has 0 bridgehead atoms. The number of carbonyl (C=O) groups is 1. The molecule has 1 heterocycles. The molecule has 132 valence electrons. The predicted molar refractivity (Wildman–Crippen MR) is 98.1 cm³/mol. The molecular formula is C20H31N3O. The van der Waals surface area contributed by atoms with E-state index in [1.54, 1.807) is 0 Å². The van der Waals surface area contributed by atoms with Gasteiger partial charge in [0.25, 0.3) is 0 Å². The summed E-state index contributed by atoms with van der Waals surface area (Å²) in [6.07, 6.45) is 6.47. The minimum Gasteiger partial charge on any atom is -0.351 e. The maximum atomic E-state index is 13.2. The Morgan fingerprint density at radius 3 is 2.58 bits per heavy atom. The Hall–Kier alpha value is -1.39. The SMILES string of the molecule is CCNC1(C(=O)N[C@@H]2CCCC[C@@H]2c2ccccc2)CCNCC1. The zero-order valence-electron chi connectivity index (χ0n) is 14.8. The van der Waals surface area contributed by atoms with E-state index in [1.165, 1.54) is 24.8 Å². The van der Waals surface area contributed by atoms with Crippen molar-refractivity contribution in [3.63, 3.8) is 0 Å². The van der Waals surface area contributed by atoms with Crippen molar-refractivity contribution >= 4 is 5.91 Å². The fourth-order valence-electron chi connectivity index (χ4n) is 4.39. The van der Waals surface area contributed by atoms with Crippen LogP contribution in [0.2, 0.25) is 0 Å². The number of hydrogen-bond donors (Lipinski definition) is 3. The molecule has 24 heavy (non-hydrogen) atoms. The highest BCUT2D eigenvalue weighted by atomic mass is 16.2. The van der Waals surface area contributed by atoms with Crippen molar-refractivity contribution in [2.24, 2.45) is 0 Å². The van der Waals surface area contributed by atoms with E-state index in [4.69, 9.17) is 0 Å². The molecule has 1 aliphatic heterocycles. The lowest BCUT2D eigenvalue weighted by atomic mass is 9.79. The standard InChI is InChI=1S/C20H31N3O/c1-2-22-20(12-14-21-15-13-20)19(24)23-18-11-7-6-10-17(18)16-8-4-3-5-9-16/h3-5,8-9,17-18,21-22H,2,6-7,10-15H2,1H3,(H,23,24)/t17-,18-/m1/s1. The Morgan fingerprint density at radius 1 is 1.17 bits per heavy atom. The fourth-order valence-corrected chi connectivity index (χ4v) is 4.39. The first-order valence-corrected chi connectivity index (χ1v) is 9.57. The summed E-state index contributed by atoms with van der Waals surface area (Å²) in [5.41, 5.74) is 0.976. The zero-order chi connectivity index (χ0) is 16.8. The second kappa shape index (κ2) is 8.13. The average Bonchev–Trinajstić information content (AvgIpc) is 2.64. The van der Waals surface area contributed by atoms with E-state index in [1.807, 2.05) is 0 Å². The van der Waals surface area contributed by atoms with Crippen LogP contribution in [0.15, 0.2) is 30.3 Å². The Morgan fingerprint density at radius 2 is 1.88 bits per heavy atom. The number of likely N-dealkylation sites (N-methyl/N-ethyl adjacent to an activating group) is 1. The van der Waals surface area contributed by atoms with Crippen LogP contribution in [-0.4, -0.2) is 37.1 Å². The molecule has 1 amide bonds. The van der Waals surface area contributed by atoms with Gasteiger partial charge in [0.15, 0.2) is 0 Å². The van der Waals surface area contributed by atoms with Gasteiger partial charge in [-0.05, 0) is 50.9 Å². The molecule has 1 aromatic carbocycles. The third-order valence-electron chi connectivity index (χ3n) is 5.72. The van der Waals surface area contributed by atoms with Gasteiger partial charge in [-0.25, -0.2) is 0 Å². The largest absolute Gasteiger partial charge is 0.351 e. The molecule has 1 saturated heterocycles. The van der Waals surface area contributed by atoms with Crippen molar-refractivity contribution in [1.82, 2.24) is 16.0 Å². The quantitative estimate of drug-likeness (QED) is 0.778. The van der Waals surface area contributed by atoms with E-state index in [0.717, 1.165) is 38.9 Å². The first-order valence-electron chi connectivity index (χ1n) is 9.57. The Labute approximate surface area is 145 Å². The summed E-state index contributed by atoms with van der Waals surface area (Å²) in [5.74, 6) is 0.656. The van der Waals surface area contributed by atoms with Crippen molar-refractivity contribution in [3.05, 3.63) is 35.9 Å². The first-order chi connectivity index (χ1) is 11.7. The van der Waals surface area contributed by atoms with Gasteiger partial charge >= 0.3 is 0 Å². The average molecular weight is 329 g/mol. The summed E-state index contributed by atoms with van der Waals surface area (Å²) < 4.78 is 0. The fraction of sp³-hybridized carbons (Fsp3) is 0.650. The summed E-state index contributed by atoms with van der Waals surface area (Å²) in [4.78, 5) is 13.2. The van der Waals surface area contributed by atoms with Crippen molar-refractivity contribution in [2.75, 3.05) is 19.6 Å². The monoisotopic (exact) mass is 329 g/mol. The number of amides is 1. The highest BCUT2D eigenvalue weighted by Crippen LogP contribution is 2.33. The number of carbonyl (C=O) groups excluding carboxylic acids is 1. The Kier molecular flexibility index (Phi) is 5.90. The molecular weight excluding hydrogens is 298 g/mol. The minimum atomic E-state index is -0.390. The molecule has 4 heteroatoms. The molecule has 1 aliphatic carbocycles. The lowest BCUT2D eigenvalue weighted by Gasteiger charge is -2.40. The third-order valence-corrected chi connectivity index (χ3v) is 5.72. The van der Waals surface area contributed by atoms with Crippen LogP contribution in [0.5, 0.6) is 0 Å². The van der Waals surface area contributed by atoms with Gasteiger partial charge < -0.3 is 16.0 Å². The van der Waals surface area contributed by atoms with Crippen LogP contribution in [0.3, 0.4) is 0 Å². The molecule has 1 saturated carbocycles. The second-order valence-corrected chi connectivity index (χ2v) is 7.24. The molecule has 2 fully saturated rings. The van der Waals surface area contributed by atoms with Crippen molar-refractivity contribution in [1.29, 1.82) is 0 Å². The van der Waals surface area contributed by atoms with E-state index >= 15 is 0 Å². The van der Waals surface area contributed by atoms with Gasteiger partial charge in [0.05, 0.1) is 0 Å². The zero-order valence-corrected chi connectivity index (χ0v) is 14.8. The van der Waals surface area contributed by atoms with Gasteiger partial charge in [-0.15, -0.1) is 0 Å². The molecule has 3 N–H and O–H groups in total. The maximum absolute atomic E-state index is 13.2. The predicted octanol–water partition coefficient (Wildman–Crippen LogP) is 2.56.